The molecule has 1 aromatic carbocycles. The van der Waals surface area contributed by atoms with Crippen LogP contribution in [-0.4, -0.2) is 22.1 Å². The minimum absolute atomic E-state index is 0.290. The third-order valence-corrected chi connectivity index (χ3v) is 2.96. The summed E-state index contributed by atoms with van der Waals surface area (Å²) >= 11 is 0. The van der Waals surface area contributed by atoms with Gasteiger partial charge in [0, 0.05) is 11.5 Å². The molecule has 3 rings (SSSR count). The van der Waals surface area contributed by atoms with Crippen LogP contribution in [0.2, 0.25) is 0 Å². The highest BCUT2D eigenvalue weighted by Gasteiger charge is 2.27. The molecule has 1 saturated carbocycles. The van der Waals surface area contributed by atoms with Gasteiger partial charge in [-0.05, 0) is 37.1 Å². The van der Waals surface area contributed by atoms with Gasteiger partial charge in [0.1, 0.15) is 11.6 Å². The molecule has 2 aromatic rings. The summed E-state index contributed by atoms with van der Waals surface area (Å²) in [5, 5.41) is 0. The standard InChI is InChI=1S/C13H14N4O/c1-18-10-6-4-9(5-7-10)12-15-11(8-2-3-8)16-13(14)17-12/h4-8H,2-3H2,1H3,(H2,14,15,16,17). The summed E-state index contributed by atoms with van der Waals surface area (Å²) in [6.07, 6.45) is 2.29. The molecule has 1 heterocycles. The highest BCUT2D eigenvalue weighted by molar-refractivity contribution is 5.57. The Kier molecular flexibility index (Phi) is 2.59. The van der Waals surface area contributed by atoms with Crippen molar-refractivity contribution in [2.45, 2.75) is 18.8 Å². The first kappa shape index (κ1) is 11.0. The Morgan fingerprint density at radius 2 is 1.83 bits per heavy atom. The molecule has 5 heteroatoms. The molecule has 5 nitrogen and oxygen atoms in total. The molecule has 1 aliphatic rings. The van der Waals surface area contributed by atoms with Crippen LogP contribution < -0.4 is 10.5 Å². The molecule has 0 unspecified atom stereocenters. The lowest BCUT2D eigenvalue weighted by molar-refractivity contribution is 0.415. The Labute approximate surface area is 105 Å². The van der Waals surface area contributed by atoms with Gasteiger partial charge in [0.15, 0.2) is 5.82 Å². The smallest absolute Gasteiger partial charge is 0.223 e. The third kappa shape index (κ3) is 2.11. The van der Waals surface area contributed by atoms with Gasteiger partial charge in [-0.25, -0.2) is 4.98 Å². The van der Waals surface area contributed by atoms with E-state index in [2.05, 4.69) is 15.0 Å². The van der Waals surface area contributed by atoms with E-state index in [0.29, 0.717) is 11.7 Å². The second-order valence-electron chi connectivity index (χ2n) is 4.38. The molecule has 1 fully saturated rings. The van der Waals surface area contributed by atoms with E-state index in [1.807, 2.05) is 24.3 Å². The maximum atomic E-state index is 5.73. The maximum Gasteiger partial charge on any atom is 0.223 e. The van der Waals surface area contributed by atoms with Crippen molar-refractivity contribution in [1.29, 1.82) is 0 Å². The molecule has 0 atom stereocenters. The fourth-order valence-electron chi connectivity index (χ4n) is 1.80. The molecule has 0 bridgehead atoms. The summed E-state index contributed by atoms with van der Waals surface area (Å²) in [6.45, 7) is 0. The van der Waals surface area contributed by atoms with Gasteiger partial charge in [-0.3, -0.25) is 0 Å². The first-order valence-corrected chi connectivity index (χ1v) is 5.92. The number of rotatable bonds is 3. The van der Waals surface area contributed by atoms with Crippen molar-refractivity contribution in [1.82, 2.24) is 15.0 Å². The molecule has 0 amide bonds. The van der Waals surface area contributed by atoms with Crippen LogP contribution in [0, 0.1) is 0 Å². The summed E-state index contributed by atoms with van der Waals surface area (Å²) in [7, 11) is 1.64. The van der Waals surface area contributed by atoms with Crippen molar-refractivity contribution in [2.24, 2.45) is 0 Å². The molecule has 0 saturated heterocycles. The number of hydrogen-bond donors (Lipinski definition) is 1. The van der Waals surface area contributed by atoms with E-state index in [1.165, 1.54) is 0 Å². The normalized spacial score (nSPS) is 14.5. The molecule has 92 valence electrons. The zero-order valence-electron chi connectivity index (χ0n) is 10.1. The fraction of sp³-hybridized carbons (Fsp3) is 0.308. The van der Waals surface area contributed by atoms with Crippen molar-refractivity contribution < 1.29 is 4.74 Å². The van der Waals surface area contributed by atoms with E-state index >= 15 is 0 Å². The molecule has 18 heavy (non-hydrogen) atoms. The molecular weight excluding hydrogens is 228 g/mol. The Morgan fingerprint density at radius 3 is 2.44 bits per heavy atom. The van der Waals surface area contributed by atoms with Gasteiger partial charge < -0.3 is 10.5 Å². The van der Waals surface area contributed by atoms with Crippen LogP contribution in [-0.2, 0) is 0 Å². The van der Waals surface area contributed by atoms with Gasteiger partial charge in [-0.1, -0.05) is 0 Å². The topological polar surface area (TPSA) is 73.9 Å². The van der Waals surface area contributed by atoms with Crippen LogP contribution >= 0.6 is 0 Å². The van der Waals surface area contributed by atoms with Crippen molar-refractivity contribution in [3.63, 3.8) is 0 Å². The predicted molar refractivity (Wildman–Crippen MR) is 68.2 cm³/mol. The average Bonchev–Trinajstić information content (AvgIpc) is 3.22. The minimum atomic E-state index is 0.290. The van der Waals surface area contributed by atoms with Gasteiger partial charge >= 0.3 is 0 Å². The summed E-state index contributed by atoms with van der Waals surface area (Å²) in [5.41, 5.74) is 6.65. The van der Waals surface area contributed by atoms with Gasteiger partial charge in [0.2, 0.25) is 5.95 Å². The molecular formula is C13H14N4O. The van der Waals surface area contributed by atoms with Crippen LogP contribution in [0.5, 0.6) is 5.75 Å². The maximum absolute atomic E-state index is 5.73. The Hall–Kier alpha value is -2.17. The highest BCUT2D eigenvalue weighted by Crippen LogP contribution is 2.38. The first-order chi connectivity index (χ1) is 8.76. The summed E-state index contributed by atoms with van der Waals surface area (Å²) in [6, 6.07) is 7.60. The minimum Gasteiger partial charge on any atom is -0.497 e. The van der Waals surface area contributed by atoms with Crippen molar-refractivity contribution in [3.05, 3.63) is 30.1 Å². The predicted octanol–water partition coefficient (Wildman–Crippen LogP) is 2.01. The monoisotopic (exact) mass is 242 g/mol. The number of nitrogens with zero attached hydrogens (tertiary/aromatic N) is 3. The van der Waals surface area contributed by atoms with Crippen LogP contribution in [0.15, 0.2) is 24.3 Å². The zero-order valence-corrected chi connectivity index (χ0v) is 10.1. The number of benzene rings is 1. The van der Waals surface area contributed by atoms with Crippen LogP contribution in [0.1, 0.15) is 24.6 Å². The molecule has 0 radical (unpaired) electrons. The lowest BCUT2D eigenvalue weighted by Gasteiger charge is -2.05. The van der Waals surface area contributed by atoms with E-state index < -0.39 is 0 Å². The number of nitrogen functional groups attached to an aromatic ring is 1. The van der Waals surface area contributed by atoms with Gasteiger partial charge in [-0.15, -0.1) is 0 Å². The van der Waals surface area contributed by atoms with Crippen LogP contribution in [0.3, 0.4) is 0 Å². The number of ether oxygens (including phenoxy) is 1. The molecule has 1 aliphatic carbocycles. The third-order valence-electron chi connectivity index (χ3n) is 2.96. The molecule has 2 N–H and O–H groups in total. The SMILES string of the molecule is COc1ccc(-c2nc(N)nc(C3CC3)n2)cc1. The summed E-state index contributed by atoms with van der Waals surface area (Å²) in [5.74, 6) is 3.01. The fourth-order valence-corrected chi connectivity index (χ4v) is 1.80. The van der Waals surface area contributed by atoms with E-state index in [-0.39, 0.29) is 5.95 Å². The molecule has 0 spiro atoms. The van der Waals surface area contributed by atoms with Gasteiger partial charge in [0.25, 0.3) is 0 Å². The number of aromatic nitrogens is 3. The van der Waals surface area contributed by atoms with Crippen molar-refractivity contribution in [2.75, 3.05) is 12.8 Å². The number of nitrogens with two attached hydrogens (primary N) is 1. The largest absolute Gasteiger partial charge is 0.497 e. The number of methoxy groups -OCH3 is 1. The lowest BCUT2D eigenvalue weighted by atomic mass is 10.2. The summed E-state index contributed by atoms with van der Waals surface area (Å²) in [4.78, 5) is 12.8. The Morgan fingerprint density at radius 1 is 1.11 bits per heavy atom. The van der Waals surface area contributed by atoms with E-state index in [9.17, 15) is 0 Å². The van der Waals surface area contributed by atoms with E-state index in [1.54, 1.807) is 7.11 Å². The van der Waals surface area contributed by atoms with Crippen molar-refractivity contribution >= 4 is 5.95 Å². The van der Waals surface area contributed by atoms with Crippen LogP contribution in [0.25, 0.3) is 11.4 Å². The highest BCUT2D eigenvalue weighted by atomic mass is 16.5. The first-order valence-electron chi connectivity index (χ1n) is 5.92. The van der Waals surface area contributed by atoms with Crippen LogP contribution in [0.4, 0.5) is 5.95 Å². The van der Waals surface area contributed by atoms with Gasteiger partial charge in [0.05, 0.1) is 7.11 Å². The number of anilines is 1. The second kappa shape index (κ2) is 4.25. The second-order valence-corrected chi connectivity index (χ2v) is 4.38. The quantitative estimate of drug-likeness (QED) is 0.891. The van der Waals surface area contributed by atoms with E-state index in [0.717, 1.165) is 30.0 Å². The number of hydrogen-bond acceptors (Lipinski definition) is 5. The lowest BCUT2D eigenvalue weighted by Crippen LogP contribution is -2.04. The van der Waals surface area contributed by atoms with E-state index in [4.69, 9.17) is 10.5 Å². The Bertz CT molecular complexity index is 564. The van der Waals surface area contributed by atoms with Crippen molar-refractivity contribution in [3.8, 4) is 17.1 Å². The summed E-state index contributed by atoms with van der Waals surface area (Å²) < 4.78 is 5.12. The average molecular weight is 242 g/mol. The molecule has 0 aliphatic heterocycles. The molecule has 1 aromatic heterocycles. The zero-order chi connectivity index (χ0) is 12.5. The van der Waals surface area contributed by atoms with Gasteiger partial charge in [-0.2, -0.15) is 9.97 Å². The Balaban J connectivity index is 1.98.